The van der Waals surface area contributed by atoms with E-state index in [2.05, 4.69) is 15.1 Å². The molecule has 10 heteroatoms. The normalized spacial score (nSPS) is 15.6. The van der Waals surface area contributed by atoms with Gasteiger partial charge in [0.1, 0.15) is 5.75 Å². The van der Waals surface area contributed by atoms with Crippen LogP contribution in [0.15, 0.2) is 46.3 Å². The molecule has 9 nitrogen and oxygen atoms in total. The average molecular weight is 430 g/mol. The third kappa shape index (κ3) is 4.44. The number of para-hydroxylation sites is 1. The molecule has 0 saturated carbocycles. The zero-order valence-electron chi connectivity index (χ0n) is 16.6. The van der Waals surface area contributed by atoms with E-state index in [0.717, 1.165) is 30.6 Å². The Morgan fingerprint density at radius 3 is 2.77 bits per heavy atom. The van der Waals surface area contributed by atoms with E-state index in [4.69, 9.17) is 9.26 Å². The quantitative estimate of drug-likeness (QED) is 0.569. The molecule has 0 amide bonds. The van der Waals surface area contributed by atoms with Gasteiger partial charge in [0.25, 0.3) is 15.9 Å². The Balaban J connectivity index is 1.44. The molecule has 1 saturated heterocycles. The molecular weight excluding hydrogens is 406 g/mol. The Morgan fingerprint density at radius 1 is 1.17 bits per heavy atom. The highest BCUT2D eigenvalue weighted by Crippen LogP contribution is 2.21. The van der Waals surface area contributed by atoms with E-state index in [1.165, 1.54) is 16.8 Å². The van der Waals surface area contributed by atoms with Gasteiger partial charge in [-0.3, -0.25) is 0 Å². The summed E-state index contributed by atoms with van der Waals surface area (Å²) < 4.78 is 39.1. The van der Waals surface area contributed by atoms with E-state index < -0.39 is 10.0 Å². The zero-order chi connectivity index (χ0) is 21.0. The van der Waals surface area contributed by atoms with Crippen molar-refractivity contribution in [2.75, 3.05) is 20.2 Å². The molecule has 0 unspecified atom stereocenters. The van der Waals surface area contributed by atoms with Crippen LogP contribution in [0, 0.1) is 0 Å². The van der Waals surface area contributed by atoms with Crippen molar-refractivity contribution in [3.05, 3.63) is 54.1 Å². The van der Waals surface area contributed by atoms with Crippen LogP contribution >= 0.6 is 0 Å². The predicted octanol–water partition coefficient (Wildman–Crippen LogP) is 2.67. The van der Waals surface area contributed by atoms with Crippen LogP contribution in [0.3, 0.4) is 0 Å². The fraction of sp³-hybridized carbons (Fsp3) is 0.350. The second kappa shape index (κ2) is 8.80. The smallest absolute Gasteiger partial charge is 0.262 e. The number of aromatic nitrogens is 4. The molecule has 4 rings (SSSR count). The summed E-state index contributed by atoms with van der Waals surface area (Å²) in [5, 5.41) is 4.00. The maximum Gasteiger partial charge on any atom is 0.262 e. The van der Waals surface area contributed by atoms with Crippen molar-refractivity contribution >= 4 is 22.2 Å². The number of hydrogen-bond acceptors (Lipinski definition) is 7. The minimum Gasteiger partial charge on any atom is -0.496 e. The first kappa shape index (κ1) is 20.3. The third-order valence-electron chi connectivity index (χ3n) is 4.88. The van der Waals surface area contributed by atoms with E-state index in [1.807, 2.05) is 30.3 Å². The molecule has 2 aromatic heterocycles. The largest absolute Gasteiger partial charge is 0.496 e. The monoisotopic (exact) mass is 429 g/mol. The summed E-state index contributed by atoms with van der Waals surface area (Å²) in [5.41, 5.74) is 0.891. The van der Waals surface area contributed by atoms with Gasteiger partial charge in [-0.25, -0.2) is 13.4 Å². The van der Waals surface area contributed by atoms with Crippen LogP contribution in [0.25, 0.3) is 12.2 Å². The Labute approximate surface area is 175 Å². The Kier molecular flexibility index (Phi) is 5.96. The zero-order valence-corrected chi connectivity index (χ0v) is 17.5. The van der Waals surface area contributed by atoms with Gasteiger partial charge in [0.15, 0.2) is 10.9 Å². The highest BCUT2D eigenvalue weighted by Gasteiger charge is 2.28. The van der Waals surface area contributed by atoms with Crippen molar-refractivity contribution in [2.45, 2.75) is 30.8 Å². The first-order valence-corrected chi connectivity index (χ1v) is 11.2. The molecule has 0 aliphatic carbocycles. The van der Waals surface area contributed by atoms with Crippen molar-refractivity contribution in [1.29, 1.82) is 0 Å². The number of hydrogen-bond donors (Lipinski definition) is 0. The fourth-order valence-electron chi connectivity index (χ4n) is 3.32. The van der Waals surface area contributed by atoms with E-state index in [-0.39, 0.29) is 11.6 Å². The lowest BCUT2D eigenvalue weighted by atomic mass is 10.2. The standard InChI is InChI=1S/C20H23N5O4S/c1-28-17-8-4-3-7-16(17)9-10-19-22-18(23-29-19)13-24-14-20(21-15-24)30(26,27)25-11-5-2-6-12-25/h3-4,7-10,14-15H,2,5-6,11-13H2,1H3/b10-9+. The van der Waals surface area contributed by atoms with Gasteiger partial charge in [0.05, 0.1) is 20.0 Å². The molecule has 1 aliphatic rings. The molecule has 1 aromatic carbocycles. The van der Waals surface area contributed by atoms with Crippen molar-refractivity contribution in [3.63, 3.8) is 0 Å². The van der Waals surface area contributed by atoms with Crippen LogP contribution < -0.4 is 4.74 Å². The van der Waals surface area contributed by atoms with Gasteiger partial charge in [-0.1, -0.05) is 29.8 Å². The highest BCUT2D eigenvalue weighted by molar-refractivity contribution is 7.89. The second-order valence-electron chi connectivity index (χ2n) is 6.97. The van der Waals surface area contributed by atoms with E-state index in [1.54, 1.807) is 17.8 Å². The lowest BCUT2D eigenvalue weighted by Crippen LogP contribution is -2.35. The minimum atomic E-state index is -3.56. The van der Waals surface area contributed by atoms with Gasteiger partial charge in [-0.15, -0.1) is 0 Å². The molecule has 30 heavy (non-hydrogen) atoms. The van der Waals surface area contributed by atoms with E-state index >= 15 is 0 Å². The molecule has 1 aliphatic heterocycles. The van der Waals surface area contributed by atoms with Gasteiger partial charge in [-0.2, -0.15) is 9.29 Å². The molecule has 3 heterocycles. The number of piperidine rings is 1. The maximum absolute atomic E-state index is 12.7. The number of rotatable bonds is 7. The number of ether oxygens (including phenoxy) is 1. The van der Waals surface area contributed by atoms with Gasteiger partial charge in [0.2, 0.25) is 0 Å². The van der Waals surface area contributed by atoms with Gasteiger partial charge in [0, 0.05) is 30.9 Å². The first-order chi connectivity index (χ1) is 14.6. The van der Waals surface area contributed by atoms with Crippen LogP contribution in [0.4, 0.5) is 0 Å². The number of imidazole rings is 1. The summed E-state index contributed by atoms with van der Waals surface area (Å²) in [5.74, 6) is 1.51. The van der Waals surface area contributed by atoms with Crippen LogP contribution in [-0.4, -0.2) is 52.6 Å². The predicted molar refractivity (Wildman–Crippen MR) is 110 cm³/mol. The summed E-state index contributed by atoms with van der Waals surface area (Å²) in [4.78, 5) is 8.40. The number of nitrogens with zero attached hydrogens (tertiary/aromatic N) is 5. The Hall–Kier alpha value is -2.98. The van der Waals surface area contributed by atoms with Crippen LogP contribution in [-0.2, 0) is 16.6 Å². The SMILES string of the molecule is COc1ccccc1/C=C/c1nc(Cn2cnc(S(=O)(=O)N3CCCCC3)c2)no1. The highest BCUT2D eigenvalue weighted by atomic mass is 32.2. The fourth-order valence-corrected chi connectivity index (χ4v) is 4.78. The molecule has 0 radical (unpaired) electrons. The lowest BCUT2D eigenvalue weighted by molar-refractivity contribution is 0.345. The minimum absolute atomic E-state index is 0.0455. The number of benzene rings is 1. The molecule has 1 fully saturated rings. The third-order valence-corrected chi connectivity index (χ3v) is 6.67. The second-order valence-corrected chi connectivity index (χ2v) is 8.86. The molecule has 0 atom stereocenters. The number of methoxy groups -OCH3 is 1. The summed E-state index contributed by atoms with van der Waals surface area (Å²) in [7, 11) is -1.95. The molecular formula is C20H23N5O4S. The van der Waals surface area contributed by atoms with Crippen molar-refractivity contribution in [3.8, 4) is 5.75 Å². The van der Waals surface area contributed by atoms with Gasteiger partial charge < -0.3 is 13.8 Å². The molecule has 158 valence electrons. The Bertz CT molecular complexity index is 1130. The van der Waals surface area contributed by atoms with Crippen LogP contribution in [0.5, 0.6) is 5.75 Å². The van der Waals surface area contributed by atoms with Crippen molar-refractivity contribution in [2.24, 2.45) is 0 Å². The summed E-state index contributed by atoms with van der Waals surface area (Å²) >= 11 is 0. The number of sulfonamides is 1. The van der Waals surface area contributed by atoms with Gasteiger partial charge in [-0.05, 0) is 25.0 Å². The molecule has 0 spiro atoms. The topological polar surface area (TPSA) is 103 Å². The van der Waals surface area contributed by atoms with Gasteiger partial charge >= 0.3 is 0 Å². The maximum atomic E-state index is 12.7. The first-order valence-electron chi connectivity index (χ1n) is 9.72. The Morgan fingerprint density at radius 2 is 1.97 bits per heavy atom. The van der Waals surface area contributed by atoms with Crippen LogP contribution in [0.1, 0.15) is 36.5 Å². The molecule has 3 aromatic rings. The lowest BCUT2D eigenvalue weighted by Gasteiger charge is -2.24. The van der Waals surface area contributed by atoms with Crippen LogP contribution in [0.2, 0.25) is 0 Å². The summed E-state index contributed by atoms with van der Waals surface area (Å²) in [6.45, 7) is 1.35. The average Bonchev–Trinajstić information content (AvgIpc) is 3.43. The summed E-state index contributed by atoms with van der Waals surface area (Å²) in [6, 6.07) is 7.59. The summed E-state index contributed by atoms with van der Waals surface area (Å²) in [6.07, 6.45) is 9.33. The van der Waals surface area contributed by atoms with Crippen molar-refractivity contribution in [1.82, 2.24) is 24.0 Å². The molecule has 0 bridgehead atoms. The van der Waals surface area contributed by atoms with E-state index in [9.17, 15) is 8.42 Å². The van der Waals surface area contributed by atoms with E-state index in [0.29, 0.717) is 24.8 Å². The molecule has 0 N–H and O–H groups in total. The van der Waals surface area contributed by atoms with Crippen molar-refractivity contribution < 1.29 is 17.7 Å².